The molecule has 3 aromatic heterocycles. The number of aryl methyl sites for hydroxylation is 1. The lowest BCUT2D eigenvalue weighted by Gasteiger charge is -2.09. The third kappa shape index (κ3) is 2.71. The van der Waals surface area contributed by atoms with Gasteiger partial charge in [-0.05, 0) is 19.1 Å². The molecule has 114 valence electrons. The van der Waals surface area contributed by atoms with Gasteiger partial charge in [0.15, 0.2) is 5.82 Å². The molecule has 0 saturated carbocycles. The minimum Gasteiger partial charge on any atom is -0.395 e. The molecule has 22 heavy (non-hydrogen) atoms. The van der Waals surface area contributed by atoms with E-state index in [9.17, 15) is 0 Å². The maximum Gasteiger partial charge on any atom is 0.162 e. The summed E-state index contributed by atoms with van der Waals surface area (Å²) >= 11 is 0. The summed E-state index contributed by atoms with van der Waals surface area (Å²) in [4.78, 5) is 16.6. The summed E-state index contributed by atoms with van der Waals surface area (Å²) < 4.78 is 0. The lowest BCUT2D eigenvalue weighted by molar-refractivity contribution is 0.311. The van der Waals surface area contributed by atoms with Crippen LogP contribution in [0.3, 0.4) is 0 Å². The van der Waals surface area contributed by atoms with Crippen molar-refractivity contribution in [2.45, 2.75) is 6.92 Å². The van der Waals surface area contributed by atoms with Crippen LogP contribution in [0.25, 0.3) is 22.4 Å². The summed E-state index contributed by atoms with van der Waals surface area (Å²) in [5.41, 5.74) is 2.54. The summed E-state index contributed by atoms with van der Waals surface area (Å²) in [6.07, 6.45) is 1.84. The third-order valence-corrected chi connectivity index (χ3v) is 3.30. The molecule has 0 fully saturated rings. The number of aliphatic hydroxyl groups is 1. The number of rotatable bonds is 5. The van der Waals surface area contributed by atoms with E-state index in [-0.39, 0.29) is 6.61 Å². The second kappa shape index (κ2) is 5.98. The van der Waals surface area contributed by atoms with Crippen molar-refractivity contribution < 1.29 is 5.11 Å². The monoisotopic (exact) mass is 298 g/mol. The Hall–Kier alpha value is -2.67. The average Bonchev–Trinajstić information content (AvgIpc) is 2.99. The van der Waals surface area contributed by atoms with Crippen molar-refractivity contribution in [3.63, 3.8) is 0 Å². The van der Waals surface area contributed by atoms with Crippen LogP contribution >= 0.6 is 0 Å². The molecular formula is C15H18N6O. The van der Waals surface area contributed by atoms with E-state index in [1.807, 2.05) is 38.4 Å². The summed E-state index contributed by atoms with van der Waals surface area (Å²) in [6, 6.07) is 5.75. The minimum atomic E-state index is 0.0463. The number of anilines is 2. The lowest BCUT2D eigenvalue weighted by atomic mass is 10.1. The summed E-state index contributed by atoms with van der Waals surface area (Å²) in [5.74, 6) is 2.09. The first-order chi connectivity index (χ1) is 10.7. The fourth-order valence-electron chi connectivity index (χ4n) is 2.31. The number of aromatic nitrogens is 4. The smallest absolute Gasteiger partial charge is 0.162 e. The number of fused-ring (bicyclic) bond motifs is 1. The van der Waals surface area contributed by atoms with E-state index >= 15 is 0 Å². The van der Waals surface area contributed by atoms with Crippen LogP contribution in [0.15, 0.2) is 24.4 Å². The van der Waals surface area contributed by atoms with Crippen molar-refractivity contribution in [2.24, 2.45) is 0 Å². The van der Waals surface area contributed by atoms with Gasteiger partial charge in [-0.15, -0.1) is 0 Å². The molecule has 0 aliphatic rings. The number of hydrogen-bond donors (Lipinski definition) is 4. The maximum atomic E-state index is 8.96. The molecular weight excluding hydrogens is 280 g/mol. The first kappa shape index (κ1) is 14.3. The normalized spacial score (nSPS) is 10.9. The van der Waals surface area contributed by atoms with Crippen LogP contribution < -0.4 is 10.6 Å². The van der Waals surface area contributed by atoms with Crippen molar-refractivity contribution >= 4 is 22.7 Å². The molecule has 3 rings (SSSR count). The fourth-order valence-corrected chi connectivity index (χ4v) is 2.31. The van der Waals surface area contributed by atoms with Gasteiger partial charge in [-0.2, -0.15) is 0 Å². The predicted molar refractivity (Wildman–Crippen MR) is 87.0 cm³/mol. The van der Waals surface area contributed by atoms with E-state index in [0.29, 0.717) is 18.2 Å². The molecule has 3 heterocycles. The Morgan fingerprint density at radius 3 is 2.82 bits per heavy atom. The van der Waals surface area contributed by atoms with Crippen LogP contribution in [0.1, 0.15) is 5.69 Å². The molecule has 0 radical (unpaired) electrons. The van der Waals surface area contributed by atoms with Crippen molar-refractivity contribution in [2.75, 3.05) is 30.8 Å². The molecule has 0 unspecified atom stereocenters. The highest BCUT2D eigenvalue weighted by atomic mass is 16.3. The molecule has 0 aliphatic heterocycles. The van der Waals surface area contributed by atoms with Gasteiger partial charge < -0.3 is 20.7 Å². The van der Waals surface area contributed by atoms with Crippen molar-refractivity contribution in [3.8, 4) is 11.4 Å². The second-order valence-electron chi connectivity index (χ2n) is 4.91. The third-order valence-electron chi connectivity index (χ3n) is 3.30. The van der Waals surface area contributed by atoms with Gasteiger partial charge in [0.1, 0.15) is 17.3 Å². The molecule has 0 aromatic carbocycles. The molecule has 7 heteroatoms. The number of aliphatic hydroxyl groups excluding tert-OH is 1. The van der Waals surface area contributed by atoms with Gasteiger partial charge in [0, 0.05) is 42.5 Å². The number of pyridine rings is 1. The number of nitrogens with one attached hydrogen (secondary N) is 3. The van der Waals surface area contributed by atoms with Gasteiger partial charge in [-0.1, -0.05) is 0 Å². The number of hydrogen-bond acceptors (Lipinski definition) is 6. The van der Waals surface area contributed by atoms with E-state index in [0.717, 1.165) is 28.1 Å². The van der Waals surface area contributed by atoms with Crippen LogP contribution in [-0.2, 0) is 0 Å². The Bertz CT molecular complexity index is 798. The Balaban J connectivity index is 2.16. The number of aromatic amines is 1. The molecule has 0 aliphatic carbocycles. The van der Waals surface area contributed by atoms with Crippen molar-refractivity contribution in [1.82, 2.24) is 19.9 Å². The van der Waals surface area contributed by atoms with E-state index in [1.54, 1.807) is 0 Å². The maximum absolute atomic E-state index is 8.96. The Labute approximate surface area is 127 Å². The van der Waals surface area contributed by atoms with Gasteiger partial charge in [0.25, 0.3) is 0 Å². The van der Waals surface area contributed by atoms with Crippen LogP contribution in [0.5, 0.6) is 0 Å². The highest BCUT2D eigenvalue weighted by Crippen LogP contribution is 2.28. The predicted octanol–water partition coefficient (Wildman–Crippen LogP) is 1.77. The SMILES string of the molecule is CNc1cc(C)nc(-c2cc(NCCO)nc3[nH]ccc23)n1. The Kier molecular flexibility index (Phi) is 3.88. The number of H-pyrrole nitrogens is 1. The molecule has 0 amide bonds. The van der Waals surface area contributed by atoms with E-state index in [2.05, 4.69) is 30.6 Å². The topological polar surface area (TPSA) is 98.8 Å². The molecule has 0 bridgehead atoms. The molecule has 0 spiro atoms. The molecule has 3 aromatic rings. The second-order valence-corrected chi connectivity index (χ2v) is 4.91. The Morgan fingerprint density at radius 1 is 1.18 bits per heavy atom. The van der Waals surface area contributed by atoms with E-state index in [4.69, 9.17) is 5.11 Å². The lowest BCUT2D eigenvalue weighted by Crippen LogP contribution is -2.07. The van der Waals surface area contributed by atoms with Crippen LogP contribution in [0.4, 0.5) is 11.6 Å². The summed E-state index contributed by atoms with van der Waals surface area (Å²) in [6.45, 7) is 2.42. The van der Waals surface area contributed by atoms with Crippen molar-refractivity contribution in [3.05, 3.63) is 30.1 Å². The number of nitrogens with zero attached hydrogens (tertiary/aromatic N) is 3. The zero-order valence-electron chi connectivity index (χ0n) is 12.5. The van der Waals surface area contributed by atoms with Crippen LogP contribution in [0, 0.1) is 6.92 Å². The summed E-state index contributed by atoms with van der Waals surface area (Å²) in [5, 5.41) is 16.0. The molecule has 4 N–H and O–H groups in total. The molecule has 7 nitrogen and oxygen atoms in total. The van der Waals surface area contributed by atoms with Gasteiger partial charge in [0.2, 0.25) is 0 Å². The van der Waals surface area contributed by atoms with E-state index < -0.39 is 0 Å². The fraction of sp³-hybridized carbons (Fsp3) is 0.267. The van der Waals surface area contributed by atoms with Gasteiger partial charge in [0.05, 0.1) is 6.61 Å². The van der Waals surface area contributed by atoms with E-state index in [1.165, 1.54) is 0 Å². The average molecular weight is 298 g/mol. The van der Waals surface area contributed by atoms with Crippen LogP contribution in [0.2, 0.25) is 0 Å². The van der Waals surface area contributed by atoms with Gasteiger partial charge in [-0.3, -0.25) is 0 Å². The Morgan fingerprint density at radius 2 is 2.05 bits per heavy atom. The zero-order valence-corrected chi connectivity index (χ0v) is 12.5. The first-order valence-corrected chi connectivity index (χ1v) is 7.08. The highest BCUT2D eigenvalue weighted by Gasteiger charge is 2.12. The molecule has 0 atom stereocenters. The largest absolute Gasteiger partial charge is 0.395 e. The van der Waals surface area contributed by atoms with Gasteiger partial charge >= 0.3 is 0 Å². The minimum absolute atomic E-state index is 0.0463. The van der Waals surface area contributed by atoms with Crippen LogP contribution in [-0.4, -0.2) is 45.2 Å². The highest BCUT2D eigenvalue weighted by molar-refractivity contribution is 5.93. The summed E-state index contributed by atoms with van der Waals surface area (Å²) in [7, 11) is 1.83. The van der Waals surface area contributed by atoms with Gasteiger partial charge in [-0.25, -0.2) is 15.0 Å². The quantitative estimate of drug-likeness (QED) is 0.573. The standard InChI is InChI=1S/C15H18N6O/c1-9-7-12(16-2)20-15(19-9)11-8-13(17-5-6-22)21-14-10(11)3-4-18-14/h3-4,7-8,22H,5-6H2,1-2H3,(H,16,19,20)(H2,17,18,21). The first-order valence-electron chi connectivity index (χ1n) is 7.08. The zero-order chi connectivity index (χ0) is 15.5. The van der Waals surface area contributed by atoms with Crippen molar-refractivity contribution in [1.29, 1.82) is 0 Å². The molecule has 0 saturated heterocycles.